The van der Waals surface area contributed by atoms with E-state index in [-0.39, 0.29) is 0 Å². The van der Waals surface area contributed by atoms with E-state index in [1.54, 1.807) is 0 Å². The van der Waals surface area contributed by atoms with Crippen LogP contribution in [-0.2, 0) is 5.41 Å². The third-order valence-corrected chi connectivity index (χ3v) is 14.8. The zero-order chi connectivity index (χ0) is 41.7. The Bertz CT molecular complexity index is 4100. The average molecular weight is 809 g/mol. The standard InChI is InChI=1S/C63H36O/c1-4-23-44-38(17-1)39-18-2-10-29-50(39)62-60(44)53-36-52(40-19-3-9-28-49(40)61(53)63(62)54-30-14-11-20-41(54)42-21-12-15-31-55(42)63)59-47-26-7-5-24-45(47)58(46-25-6-8-27-48(46)59)37-33-34-57-51(35-37)43-22-13-16-32-56(43)64-57/h1-36H. The first-order valence-electron chi connectivity index (χ1n) is 22.3. The molecular formula is C63H36O. The van der Waals surface area contributed by atoms with Gasteiger partial charge in [-0.1, -0.05) is 194 Å². The van der Waals surface area contributed by atoms with Crippen LogP contribution in [0.25, 0.3) is 120 Å². The Morgan fingerprint density at radius 3 is 1.31 bits per heavy atom. The zero-order valence-electron chi connectivity index (χ0n) is 34.7. The molecule has 64 heavy (non-hydrogen) atoms. The minimum Gasteiger partial charge on any atom is -0.456 e. The molecule has 0 amide bonds. The molecule has 13 aromatic rings. The molecule has 2 aliphatic rings. The Labute approximate surface area is 369 Å². The number of rotatable bonds is 2. The highest BCUT2D eigenvalue weighted by atomic mass is 16.3. The summed E-state index contributed by atoms with van der Waals surface area (Å²) in [4.78, 5) is 0. The topological polar surface area (TPSA) is 13.1 Å². The van der Waals surface area contributed by atoms with E-state index >= 15 is 0 Å². The Morgan fingerprint density at radius 1 is 0.250 bits per heavy atom. The van der Waals surface area contributed by atoms with Crippen molar-refractivity contribution < 1.29 is 4.42 Å². The Balaban J connectivity index is 1.12. The van der Waals surface area contributed by atoms with Gasteiger partial charge in [0.1, 0.15) is 11.2 Å². The molecule has 0 fully saturated rings. The molecule has 0 atom stereocenters. The quantitative estimate of drug-likeness (QED) is 0.125. The first-order valence-corrected chi connectivity index (χ1v) is 22.3. The first kappa shape index (κ1) is 34.3. The number of furan rings is 1. The van der Waals surface area contributed by atoms with Gasteiger partial charge in [0.05, 0.1) is 5.41 Å². The van der Waals surface area contributed by atoms with E-state index in [1.165, 1.54) is 121 Å². The molecule has 2 aliphatic carbocycles. The smallest absolute Gasteiger partial charge is 0.135 e. The maximum absolute atomic E-state index is 6.32. The summed E-state index contributed by atoms with van der Waals surface area (Å²) >= 11 is 0. The second-order valence-electron chi connectivity index (χ2n) is 17.7. The van der Waals surface area contributed by atoms with Gasteiger partial charge in [-0.05, 0) is 145 Å². The van der Waals surface area contributed by atoms with E-state index in [1.807, 2.05) is 6.07 Å². The van der Waals surface area contributed by atoms with Gasteiger partial charge in [-0.2, -0.15) is 0 Å². The third kappa shape index (κ3) is 4.20. The van der Waals surface area contributed by atoms with Crippen LogP contribution >= 0.6 is 0 Å². The Kier molecular flexibility index (Phi) is 6.67. The first-order chi connectivity index (χ1) is 31.8. The van der Waals surface area contributed by atoms with Crippen LogP contribution in [0.4, 0.5) is 0 Å². The summed E-state index contributed by atoms with van der Waals surface area (Å²) in [5.41, 5.74) is 17.0. The lowest BCUT2D eigenvalue weighted by Crippen LogP contribution is -2.26. The van der Waals surface area contributed by atoms with Gasteiger partial charge in [0, 0.05) is 10.8 Å². The van der Waals surface area contributed by atoms with Gasteiger partial charge in [0.25, 0.3) is 0 Å². The predicted octanol–water partition coefficient (Wildman–Crippen LogP) is 17.0. The van der Waals surface area contributed by atoms with Gasteiger partial charge in [-0.15, -0.1) is 0 Å². The molecule has 0 saturated carbocycles. The molecule has 0 aliphatic heterocycles. The summed E-state index contributed by atoms with van der Waals surface area (Å²) in [6, 6.07) is 81.8. The van der Waals surface area contributed by atoms with Crippen molar-refractivity contribution in [1.29, 1.82) is 0 Å². The van der Waals surface area contributed by atoms with Crippen LogP contribution in [-0.4, -0.2) is 0 Å². The lowest BCUT2D eigenvalue weighted by Gasteiger charge is -2.33. The monoisotopic (exact) mass is 808 g/mol. The van der Waals surface area contributed by atoms with Crippen molar-refractivity contribution in [2.24, 2.45) is 0 Å². The van der Waals surface area contributed by atoms with Crippen molar-refractivity contribution in [1.82, 2.24) is 0 Å². The Morgan fingerprint density at radius 2 is 0.688 bits per heavy atom. The number of hydrogen-bond donors (Lipinski definition) is 0. The molecule has 12 aromatic carbocycles. The molecular weight excluding hydrogens is 773 g/mol. The maximum Gasteiger partial charge on any atom is 0.135 e. The van der Waals surface area contributed by atoms with Crippen molar-refractivity contribution >= 4 is 75.8 Å². The van der Waals surface area contributed by atoms with Gasteiger partial charge in [0.15, 0.2) is 0 Å². The number of benzene rings is 12. The minimum atomic E-state index is -0.538. The second kappa shape index (κ2) is 12.4. The maximum atomic E-state index is 6.32. The molecule has 1 heterocycles. The fraction of sp³-hybridized carbons (Fsp3) is 0.0159. The summed E-state index contributed by atoms with van der Waals surface area (Å²) in [6.45, 7) is 0. The van der Waals surface area contributed by atoms with E-state index in [0.29, 0.717) is 0 Å². The highest BCUT2D eigenvalue weighted by molar-refractivity contribution is 6.27. The lowest BCUT2D eigenvalue weighted by atomic mass is 9.68. The molecule has 15 rings (SSSR count). The molecule has 1 heteroatoms. The summed E-state index contributed by atoms with van der Waals surface area (Å²) in [5, 5.41) is 15.0. The zero-order valence-corrected chi connectivity index (χ0v) is 34.7. The van der Waals surface area contributed by atoms with E-state index in [2.05, 4.69) is 212 Å². The van der Waals surface area contributed by atoms with Crippen LogP contribution in [0.15, 0.2) is 223 Å². The average Bonchev–Trinajstić information content (AvgIpc) is 3.99. The van der Waals surface area contributed by atoms with Gasteiger partial charge in [-0.25, -0.2) is 0 Å². The van der Waals surface area contributed by atoms with Gasteiger partial charge in [0.2, 0.25) is 0 Å². The predicted molar refractivity (Wildman–Crippen MR) is 268 cm³/mol. The van der Waals surface area contributed by atoms with Crippen molar-refractivity contribution in [2.45, 2.75) is 5.41 Å². The Hall–Kier alpha value is -8.26. The molecule has 0 saturated heterocycles. The van der Waals surface area contributed by atoms with Crippen molar-refractivity contribution in [2.75, 3.05) is 0 Å². The minimum absolute atomic E-state index is 0.538. The van der Waals surface area contributed by atoms with Crippen molar-refractivity contribution in [3.05, 3.63) is 241 Å². The summed E-state index contributed by atoms with van der Waals surface area (Å²) < 4.78 is 6.32. The van der Waals surface area contributed by atoms with E-state index in [9.17, 15) is 0 Å². The molecule has 1 nitrogen and oxygen atoms in total. The molecule has 1 spiro atoms. The summed E-state index contributed by atoms with van der Waals surface area (Å²) in [7, 11) is 0. The third-order valence-electron chi connectivity index (χ3n) is 14.8. The largest absolute Gasteiger partial charge is 0.456 e. The molecule has 0 bridgehead atoms. The van der Waals surface area contributed by atoms with E-state index in [0.717, 1.165) is 21.9 Å². The second-order valence-corrected chi connectivity index (χ2v) is 17.7. The van der Waals surface area contributed by atoms with Crippen LogP contribution in [0.1, 0.15) is 22.3 Å². The van der Waals surface area contributed by atoms with E-state index < -0.39 is 5.41 Å². The normalized spacial score (nSPS) is 13.4. The summed E-state index contributed by atoms with van der Waals surface area (Å²) in [5.74, 6) is 0. The molecule has 0 radical (unpaired) electrons. The van der Waals surface area contributed by atoms with Crippen molar-refractivity contribution in [3.63, 3.8) is 0 Å². The van der Waals surface area contributed by atoms with Crippen LogP contribution in [0.5, 0.6) is 0 Å². The van der Waals surface area contributed by atoms with E-state index in [4.69, 9.17) is 4.42 Å². The fourth-order valence-electron chi connectivity index (χ4n) is 12.5. The SMILES string of the molecule is c1ccc2c(c1)-c1ccccc1C21c2c(cc(-c3c4ccccc4c(-c4ccc5oc6ccccc6c5c4)c4ccccc34)c3ccccc23)-c2c1c1ccccc1c1ccccc21. The van der Waals surface area contributed by atoms with Gasteiger partial charge >= 0.3 is 0 Å². The van der Waals surface area contributed by atoms with Crippen LogP contribution in [0.2, 0.25) is 0 Å². The van der Waals surface area contributed by atoms with Crippen molar-refractivity contribution in [3.8, 4) is 44.5 Å². The molecule has 0 unspecified atom stereocenters. The van der Waals surface area contributed by atoms with Crippen LogP contribution in [0.3, 0.4) is 0 Å². The van der Waals surface area contributed by atoms with Gasteiger partial charge in [-0.3, -0.25) is 0 Å². The molecule has 0 N–H and O–H groups in total. The van der Waals surface area contributed by atoms with Crippen LogP contribution in [0, 0.1) is 0 Å². The molecule has 1 aromatic heterocycles. The fourth-order valence-corrected chi connectivity index (χ4v) is 12.5. The highest BCUT2D eigenvalue weighted by Crippen LogP contribution is 2.67. The number of hydrogen-bond acceptors (Lipinski definition) is 1. The molecule has 294 valence electrons. The van der Waals surface area contributed by atoms with Crippen LogP contribution < -0.4 is 0 Å². The lowest BCUT2D eigenvalue weighted by molar-refractivity contribution is 0.669. The number of para-hydroxylation sites is 1. The summed E-state index contributed by atoms with van der Waals surface area (Å²) in [6.07, 6.45) is 0. The number of fused-ring (bicyclic) bond motifs is 22. The van der Waals surface area contributed by atoms with Gasteiger partial charge < -0.3 is 4.42 Å². The highest BCUT2D eigenvalue weighted by Gasteiger charge is 2.54.